The summed E-state index contributed by atoms with van der Waals surface area (Å²) in [7, 11) is 4.03. The Morgan fingerprint density at radius 2 is 1.92 bits per heavy atom. The first kappa shape index (κ1) is 31.2. The fraction of sp³-hybridized carbons (Fsp3) is 0.516. The van der Waals surface area contributed by atoms with Crippen LogP contribution in [0.1, 0.15) is 70.5 Å². The predicted octanol–water partition coefficient (Wildman–Crippen LogP) is 6.65. The van der Waals surface area contributed by atoms with Crippen LogP contribution in [0.3, 0.4) is 0 Å². The van der Waals surface area contributed by atoms with Crippen LogP contribution in [0.5, 0.6) is 0 Å². The number of allylic oxidation sites excluding steroid dienone is 4. The average Bonchev–Trinajstić information content (AvgIpc) is 3.18. The smallest absolute Gasteiger partial charge is 0.334 e. The lowest BCUT2D eigenvalue weighted by atomic mass is 10.0. The molecule has 0 saturated carbocycles. The van der Waals surface area contributed by atoms with Crippen molar-refractivity contribution in [1.29, 1.82) is 0 Å². The first-order chi connectivity index (χ1) is 18.2. The number of aliphatic carboxylic acids is 1. The quantitative estimate of drug-likeness (QED) is 0.148. The van der Waals surface area contributed by atoms with E-state index in [1.807, 2.05) is 38.2 Å². The number of aryl methyl sites for hydroxylation is 1. The summed E-state index contributed by atoms with van der Waals surface area (Å²) in [5, 5.41) is 9.63. The van der Waals surface area contributed by atoms with Gasteiger partial charge in [0.05, 0.1) is 23.9 Å². The molecule has 2 atom stereocenters. The zero-order chi connectivity index (χ0) is 28.2. The second-order valence-electron chi connectivity index (χ2n) is 9.70. The Balaban J connectivity index is 2.27. The first-order valence-corrected chi connectivity index (χ1v) is 13.7. The molecule has 2 unspecified atom stereocenters. The molecule has 0 amide bonds. The number of halogens is 1. The van der Waals surface area contributed by atoms with Gasteiger partial charge in [0, 0.05) is 32.9 Å². The van der Waals surface area contributed by atoms with Gasteiger partial charge in [-0.2, -0.15) is 0 Å². The van der Waals surface area contributed by atoms with Crippen molar-refractivity contribution in [1.82, 2.24) is 14.7 Å². The van der Waals surface area contributed by atoms with Crippen LogP contribution in [0.15, 0.2) is 72.0 Å². The Morgan fingerprint density at radius 1 is 1.24 bits per heavy atom. The molecular formula is C31H46FN3O3. The van der Waals surface area contributed by atoms with E-state index >= 15 is 4.39 Å². The lowest BCUT2D eigenvalue weighted by Gasteiger charge is -2.33. The van der Waals surface area contributed by atoms with Crippen molar-refractivity contribution in [3.05, 3.63) is 83.1 Å². The van der Waals surface area contributed by atoms with Crippen LogP contribution >= 0.6 is 0 Å². The molecule has 0 radical (unpaired) electrons. The number of nitrogens with zero attached hydrogens (tertiary/aromatic N) is 3. The molecule has 0 bridgehead atoms. The minimum atomic E-state index is -1.21. The maximum absolute atomic E-state index is 15.8. The van der Waals surface area contributed by atoms with Gasteiger partial charge >= 0.3 is 5.97 Å². The fourth-order valence-electron chi connectivity index (χ4n) is 4.92. The number of carbonyl (C=O) groups is 1. The molecule has 1 aromatic rings. The molecule has 0 fully saturated rings. The van der Waals surface area contributed by atoms with Gasteiger partial charge in [-0.3, -0.25) is 0 Å². The van der Waals surface area contributed by atoms with Crippen LogP contribution in [0.25, 0.3) is 0 Å². The summed E-state index contributed by atoms with van der Waals surface area (Å²) >= 11 is 0. The van der Waals surface area contributed by atoms with Crippen molar-refractivity contribution in [2.75, 3.05) is 33.9 Å². The van der Waals surface area contributed by atoms with Crippen molar-refractivity contribution in [2.45, 2.75) is 72.0 Å². The Labute approximate surface area is 228 Å². The summed E-state index contributed by atoms with van der Waals surface area (Å²) in [6.45, 7) is 13.2. The van der Waals surface area contributed by atoms with Crippen LogP contribution in [-0.2, 0) is 16.0 Å². The van der Waals surface area contributed by atoms with Gasteiger partial charge in [-0.05, 0) is 62.4 Å². The largest absolute Gasteiger partial charge is 0.478 e. The highest BCUT2D eigenvalue weighted by atomic mass is 19.1. The molecular weight excluding hydrogens is 481 g/mol. The lowest BCUT2D eigenvalue weighted by Crippen LogP contribution is -2.41. The van der Waals surface area contributed by atoms with E-state index < -0.39 is 11.8 Å². The number of benzene rings is 1. The minimum absolute atomic E-state index is 0.0865. The van der Waals surface area contributed by atoms with Gasteiger partial charge in [0.1, 0.15) is 6.17 Å². The van der Waals surface area contributed by atoms with Crippen LogP contribution in [0.2, 0.25) is 0 Å². The molecule has 2 rings (SSSR count). The maximum atomic E-state index is 15.8. The Morgan fingerprint density at radius 3 is 2.47 bits per heavy atom. The van der Waals surface area contributed by atoms with Crippen LogP contribution in [0.4, 0.5) is 4.39 Å². The van der Waals surface area contributed by atoms with E-state index in [1.54, 1.807) is 13.0 Å². The van der Waals surface area contributed by atoms with Gasteiger partial charge in [0.2, 0.25) is 0 Å². The molecule has 1 aliphatic rings. The highest BCUT2D eigenvalue weighted by Crippen LogP contribution is 2.38. The summed E-state index contributed by atoms with van der Waals surface area (Å²) in [6, 6.07) is 8.88. The van der Waals surface area contributed by atoms with E-state index in [0.29, 0.717) is 31.9 Å². The van der Waals surface area contributed by atoms with Crippen molar-refractivity contribution in [3.63, 3.8) is 0 Å². The predicted molar refractivity (Wildman–Crippen MR) is 153 cm³/mol. The minimum Gasteiger partial charge on any atom is -0.478 e. The second kappa shape index (κ2) is 15.4. The van der Waals surface area contributed by atoms with Crippen LogP contribution < -0.4 is 0 Å². The maximum Gasteiger partial charge on any atom is 0.334 e. The molecule has 0 aromatic heterocycles. The Hall–Kier alpha value is -3.06. The molecule has 1 aliphatic heterocycles. The molecule has 0 saturated heterocycles. The second-order valence-corrected chi connectivity index (χ2v) is 9.70. The number of carboxylic acids is 1. The molecule has 7 heteroatoms. The van der Waals surface area contributed by atoms with Gasteiger partial charge in [-0.15, -0.1) is 0 Å². The number of rotatable bonds is 16. The molecule has 1 N–H and O–H groups in total. The molecule has 0 spiro atoms. The topological polar surface area (TPSA) is 56.2 Å². The zero-order valence-corrected chi connectivity index (χ0v) is 24.0. The lowest BCUT2D eigenvalue weighted by molar-refractivity contribution is -0.132. The number of hydrogen-bond donors (Lipinski definition) is 1. The third-order valence-electron chi connectivity index (χ3n) is 7.26. The van der Waals surface area contributed by atoms with Gasteiger partial charge in [-0.25, -0.2) is 9.18 Å². The zero-order valence-electron chi connectivity index (χ0n) is 24.0. The van der Waals surface area contributed by atoms with Crippen molar-refractivity contribution < 1.29 is 19.0 Å². The molecule has 38 heavy (non-hydrogen) atoms. The number of hydrogen-bond acceptors (Lipinski definition) is 5. The van der Waals surface area contributed by atoms with E-state index in [4.69, 9.17) is 4.74 Å². The van der Waals surface area contributed by atoms with E-state index in [2.05, 4.69) is 54.5 Å². The third kappa shape index (κ3) is 7.73. The standard InChI is InChI=1S/C31H46FN3O3/c1-8-12-19-33(6)23(5)25-16-13-24(14-17-25)15-18-28-34(7)27(11-4)30(29(32)26(10-3)31(36)37)35(28)20-22-38-21-9-2/h8,12-14,16-17,19,23,28H,1,9-11,15,18,20-22H2,2-7H3,(H,36,37)/b19-12-,29-26-. The summed E-state index contributed by atoms with van der Waals surface area (Å²) < 4.78 is 21.5. The van der Waals surface area contributed by atoms with Gasteiger partial charge in [0.25, 0.3) is 0 Å². The molecule has 6 nitrogen and oxygen atoms in total. The summed E-state index contributed by atoms with van der Waals surface area (Å²) in [4.78, 5) is 18.1. The van der Waals surface area contributed by atoms with Crippen LogP contribution in [0, 0.1) is 0 Å². The van der Waals surface area contributed by atoms with Crippen molar-refractivity contribution >= 4 is 5.97 Å². The monoisotopic (exact) mass is 527 g/mol. The fourth-order valence-corrected chi connectivity index (χ4v) is 4.92. The molecule has 0 aliphatic carbocycles. The van der Waals surface area contributed by atoms with Crippen molar-refractivity contribution in [3.8, 4) is 0 Å². The Bertz CT molecular complexity index is 1020. The van der Waals surface area contributed by atoms with E-state index in [9.17, 15) is 9.90 Å². The van der Waals surface area contributed by atoms with E-state index in [0.717, 1.165) is 25.0 Å². The normalized spacial score (nSPS) is 17.3. The first-order valence-electron chi connectivity index (χ1n) is 13.7. The summed E-state index contributed by atoms with van der Waals surface area (Å²) in [6.07, 6.45) is 8.85. The number of carboxylic acid groups (broad SMARTS) is 1. The van der Waals surface area contributed by atoms with Gasteiger partial charge < -0.3 is 24.5 Å². The van der Waals surface area contributed by atoms with Gasteiger partial charge in [-0.1, -0.05) is 57.7 Å². The molecule has 1 heterocycles. The third-order valence-corrected chi connectivity index (χ3v) is 7.26. The van der Waals surface area contributed by atoms with Crippen LogP contribution in [-0.4, -0.2) is 65.8 Å². The van der Waals surface area contributed by atoms with Crippen molar-refractivity contribution in [2.24, 2.45) is 0 Å². The number of ether oxygens (including phenoxy) is 1. The Kier molecular flexibility index (Phi) is 12.6. The molecule has 210 valence electrons. The summed E-state index contributed by atoms with van der Waals surface area (Å²) in [5.41, 5.74) is 3.48. The SMILES string of the molecule is C=C/C=C\N(C)C(C)c1ccc(CCC2N(C)C(CC)=C(/C(F)=C(\CC)C(=O)O)N2CCOCCC)cc1. The van der Waals surface area contributed by atoms with Gasteiger partial charge in [0.15, 0.2) is 5.83 Å². The highest BCUT2D eigenvalue weighted by molar-refractivity contribution is 5.88. The van der Waals surface area contributed by atoms with E-state index in [1.165, 1.54) is 11.1 Å². The van der Waals surface area contributed by atoms with E-state index in [-0.39, 0.29) is 24.2 Å². The summed E-state index contributed by atoms with van der Waals surface area (Å²) in [5.74, 6) is -1.84. The average molecular weight is 528 g/mol. The molecule has 1 aromatic carbocycles. The highest BCUT2D eigenvalue weighted by Gasteiger charge is 2.38.